The van der Waals surface area contributed by atoms with Crippen LogP contribution in [0.5, 0.6) is 0 Å². The van der Waals surface area contributed by atoms with Crippen LogP contribution in [0.2, 0.25) is 0 Å². The van der Waals surface area contributed by atoms with E-state index in [9.17, 15) is 0 Å². The molecule has 1 aromatic heterocycles. The molecule has 0 spiro atoms. The van der Waals surface area contributed by atoms with Crippen molar-refractivity contribution in [3.05, 3.63) is 11.7 Å². The van der Waals surface area contributed by atoms with Crippen molar-refractivity contribution in [3.63, 3.8) is 0 Å². The molecule has 144 valence electrons. The zero-order chi connectivity index (χ0) is 17.0. The van der Waals surface area contributed by atoms with Crippen molar-refractivity contribution in [1.82, 2.24) is 20.8 Å². The molecule has 0 aromatic carbocycles. The molecule has 0 aliphatic carbocycles. The van der Waals surface area contributed by atoms with E-state index in [1.807, 2.05) is 13.8 Å². The average Bonchev–Trinajstić information content (AvgIpc) is 3.22. The Balaban J connectivity index is 0.00000312. The molecule has 0 bridgehead atoms. The predicted octanol–water partition coefficient (Wildman–Crippen LogP) is 1.68. The number of ether oxygens (including phenoxy) is 2. The summed E-state index contributed by atoms with van der Waals surface area (Å²) in [6.07, 6.45) is 4.13. The maximum absolute atomic E-state index is 5.64. The molecule has 0 saturated carbocycles. The van der Waals surface area contributed by atoms with Crippen LogP contribution in [0.3, 0.4) is 0 Å². The first-order valence-corrected chi connectivity index (χ1v) is 8.78. The Morgan fingerprint density at radius 1 is 1.40 bits per heavy atom. The summed E-state index contributed by atoms with van der Waals surface area (Å²) in [5, 5.41) is 10.3. The number of hydrogen-bond donors (Lipinski definition) is 2. The molecule has 9 heteroatoms. The highest BCUT2D eigenvalue weighted by molar-refractivity contribution is 14.0. The smallest absolute Gasteiger partial charge is 0.228 e. The number of aryl methyl sites for hydroxylation is 1. The van der Waals surface area contributed by atoms with Crippen LogP contribution < -0.4 is 10.6 Å². The predicted molar refractivity (Wildman–Crippen MR) is 107 cm³/mol. The van der Waals surface area contributed by atoms with E-state index in [4.69, 9.17) is 14.0 Å². The standard InChI is InChI=1S/C16H29N5O3.HI/c1-3-17-16(19-9-7-15-20-13(2)21-24-15)18-8-5-10-22-12-14-6-4-11-23-14;/h14H,3-12H2,1-2H3,(H2,17,18,19);1H. The van der Waals surface area contributed by atoms with Gasteiger partial charge in [-0.05, 0) is 33.1 Å². The number of rotatable bonds is 10. The minimum Gasteiger partial charge on any atom is -0.379 e. The van der Waals surface area contributed by atoms with Gasteiger partial charge in [-0.25, -0.2) is 0 Å². The summed E-state index contributed by atoms with van der Waals surface area (Å²) in [5.41, 5.74) is 0. The lowest BCUT2D eigenvalue weighted by Crippen LogP contribution is -2.38. The second-order valence-corrected chi connectivity index (χ2v) is 5.74. The maximum atomic E-state index is 5.64. The van der Waals surface area contributed by atoms with E-state index in [1.165, 1.54) is 0 Å². The lowest BCUT2D eigenvalue weighted by Gasteiger charge is -2.11. The second-order valence-electron chi connectivity index (χ2n) is 5.74. The molecule has 1 aliphatic heterocycles. The quantitative estimate of drug-likeness (QED) is 0.234. The minimum atomic E-state index is 0. The number of guanidine groups is 1. The first-order chi connectivity index (χ1) is 11.8. The summed E-state index contributed by atoms with van der Waals surface area (Å²) >= 11 is 0. The SMILES string of the molecule is CCNC(=NCCCOCC1CCCO1)NCCc1nc(C)no1.I. The minimum absolute atomic E-state index is 0. The Labute approximate surface area is 166 Å². The molecule has 1 atom stereocenters. The lowest BCUT2D eigenvalue weighted by atomic mass is 10.2. The van der Waals surface area contributed by atoms with Crippen molar-refractivity contribution in [2.45, 2.75) is 45.6 Å². The molecule has 0 radical (unpaired) electrons. The molecule has 25 heavy (non-hydrogen) atoms. The highest BCUT2D eigenvalue weighted by Gasteiger charge is 2.14. The third-order valence-corrected chi connectivity index (χ3v) is 3.59. The summed E-state index contributed by atoms with van der Waals surface area (Å²) in [6.45, 7) is 8.38. The molecule has 0 amide bonds. The van der Waals surface area contributed by atoms with Crippen molar-refractivity contribution in [1.29, 1.82) is 0 Å². The zero-order valence-corrected chi connectivity index (χ0v) is 17.5. The van der Waals surface area contributed by atoms with E-state index < -0.39 is 0 Å². The molecule has 2 N–H and O–H groups in total. The van der Waals surface area contributed by atoms with Gasteiger partial charge in [0, 0.05) is 39.3 Å². The molecule has 8 nitrogen and oxygen atoms in total. The molecule has 1 aromatic rings. The van der Waals surface area contributed by atoms with Crippen LogP contribution in [0.15, 0.2) is 9.52 Å². The first-order valence-electron chi connectivity index (χ1n) is 8.78. The Hall–Kier alpha value is -0.940. The van der Waals surface area contributed by atoms with Crippen LogP contribution in [0, 0.1) is 6.92 Å². The Kier molecular flexibility index (Phi) is 11.7. The molecular formula is C16H30IN5O3. The van der Waals surface area contributed by atoms with E-state index in [1.54, 1.807) is 0 Å². The Bertz CT molecular complexity index is 492. The summed E-state index contributed by atoms with van der Waals surface area (Å²) < 4.78 is 16.2. The lowest BCUT2D eigenvalue weighted by molar-refractivity contribution is 0.0171. The molecule has 1 fully saturated rings. The first kappa shape index (κ1) is 22.1. The van der Waals surface area contributed by atoms with Crippen molar-refractivity contribution in [2.75, 3.05) is 39.5 Å². The van der Waals surface area contributed by atoms with Crippen LogP contribution in [-0.2, 0) is 15.9 Å². The van der Waals surface area contributed by atoms with E-state index in [0.717, 1.165) is 44.9 Å². The fourth-order valence-corrected chi connectivity index (χ4v) is 2.42. The topological polar surface area (TPSA) is 93.8 Å². The fourth-order valence-electron chi connectivity index (χ4n) is 2.42. The summed E-state index contributed by atoms with van der Waals surface area (Å²) in [4.78, 5) is 8.71. The van der Waals surface area contributed by atoms with E-state index in [2.05, 4.69) is 25.8 Å². The number of aromatic nitrogens is 2. The van der Waals surface area contributed by atoms with Crippen molar-refractivity contribution < 1.29 is 14.0 Å². The van der Waals surface area contributed by atoms with Gasteiger partial charge in [0.25, 0.3) is 0 Å². The Morgan fingerprint density at radius 3 is 2.96 bits per heavy atom. The van der Waals surface area contributed by atoms with Gasteiger partial charge in [0.05, 0.1) is 12.7 Å². The second kappa shape index (κ2) is 13.3. The highest BCUT2D eigenvalue weighted by Crippen LogP contribution is 2.11. The zero-order valence-electron chi connectivity index (χ0n) is 15.1. The number of nitrogens with zero attached hydrogens (tertiary/aromatic N) is 3. The number of nitrogens with one attached hydrogen (secondary N) is 2. The summed E-state index contributed by atoms with van der Waals surface area (Å²) in [5.74, 6) is 2.10. The highest BCUT2D eigenvalue weighted by atomic mass is 127. The molecule has 1 saturated heterocycles. The summed E-state index contributed by atoms with van der Waals surface area (Å²) in [6, 6.07) is 0. The van der Waals surface area contributed by atoms with E-state index in [0.29, 0.717) is 44.0 Å². The Morgan fingerprint density at radius 2 is 2.28 bits per heavy atom. The monoisotopic (exact) mass is 467 g/mol. The largest absolute Gasteiger partial charge is 0.379 e. The van der Waals surface area contributed by atoms with Gasteiger partial charge >= 0.3 is 0 Å². The average molecular weight is 467 g/mol. The molecular weight excluding hydrogens is 437 g/mol. The van der Waals surface area contributed by atoms with Crippen LogP contribution >= 0.6 is 24.0 Å². The van der Waals surface area contributed by atoms with Crippen LogP contribution in [0.4, 0.5) is 0 Å². The van der Waals surface area contributed by atoms with Crippen molar-refractivity contribution in [2.24, 2.45) is 4.99 Å². The number of hydrogen-bond acceptors (Lipinski definition) is 6. The molecule has 1 unspecified atom stereocenters. The molecule has 1 aliphatic rings. The third kappa shape index (κ3) is 9.36. The summed E-state index contributed by atoms with van der Waals surface area (Å²) in [7, 11) is 0. The van der Waals surface area contributed by atoms with Gasteiger partial charge in [0.2, 0.25) is 5.89 Å². The van der Waals surface area contributed by atoms with Gasteiger partial charge in [0.15, 0.2) is 11.8 Å². The van der Waals surface area contributed by atoms with Gasteiger partial charge in [-0.2, -0.15) is 4.98 Å². The van der Waals surface area contributed by atoms with Crippen LogP contribution in [0.25, 0.3) is 0 Å². The van der Waals surface area contributed by atoms with Gasteiger partial charge in [-0.1, -0.05) is 5.16 Å². The van der Waals surface area contributed by atoms with Crippen LogP contribution in [0.1, 0.15) is 37.9 Å². The van der Waals surface area contributed by atoms with Gasteiger partial charge < -0.3 is 24.6 Å². The number of aliphatic imine (C=N–C) groups is 1. The third-order valence-electron chi connectivity index (χ3n) is 3.59. The normalized spacial score (nSPS) is 17.4. The maximum Gasteiger partial charge on any atom is 0.228 e. The molecule has 2 heterocycles. The van der Waals surface area contributed by atoms with Gasteiger partial charge in [0.1, 0.15) is 0 Å². The van der Waals surface area contributed by atoms with E-state index in [-0.39, 0.29) is 24.0 Å². The van der Waals surface area contributed by atoms with Gasteiger partial charge in [-0.3, -0.25) is 4.99 Å². The van der Waals surface area contributed by atoms with E-state index >= 15 is 0 Å². The number of halogens is 1. The van der Waals surface area contributed by atoms with Crippen LogP contribution in [-0.4, -0.2) is 61.7 Å². The molecule has 2 rings (SSSR count). The van der Waals surface area contributed by atoms with Crippen molar-refractivity contribution in [3.8, 4) is 0 Å². The fraction of sp³-hybridized carbons (Fsp3) is 0.812. The van der Waals surface area contributed by atoms with Gasteiger partial charge in [-0.15, -0.1) is 24.0 Å². The van der Waals surface area contributed by atoms with Crippen molar-refractivity contribution >= 4 is 29.9 Å².